The van der Waals surface area contributed by atoms with Gasteiger partial charge < -0.3 is 5.32 Å². The number of carbonyl (C=O) groups excluding carboxylic acids is 2. The van der Waals surface area contributed by atoms with Gasteiger partial charge in [-0.15, -0.1) is 0 Å². The van der Waals surface area contributed by atoms with E-state index in [1.54, 1.807) is 0 Å². The SMILES string of the molecule is CC(C)(C)CC1CNC(=O)N(C2CCC2)C1=O. The van der Waals surface area contributed by atoms with Gasteiger partial charge in [0, 0.05) is 12.6 Å². The molecule has 1 atom stereocenters. The number of hydrogen-bond donors (Lipinski definition) is 1. The van der Waals surface area contributed by atoms with Crippen LogP contribution in [0.3, 0.4) is 0 Å². The van der Waals surface area contributed by atoms with E-state index >= 15 is 0 Å². The van der Waals surface area contributed by atoms with Crippen LogP contribution in [-0.4, -0.2) is 29.4 Å². The summed E-state index contributed by atoms with van der Waals surface area (Å²) in [6, 6.07) is -0.0323. The molecule has 1 aliphatic heterocycles. The van der Waals surface area contributed by atoms with Crippen molar-refractivity contribution in [2.45, 2.75) is 52.5 Å². The number of rotatable bonds is 2. The molecule has 1 N–H and O–H groups in total. The largest absolute Gasteiger partial charge is 0.337 e. The minimum absolute atomic E-state index is 0.0355. The van der Waals surface area contributed by atoms with Crippen LogP contribution < -0.4 is 5.32 Å². The molecule has 1 heterocycles. The molecule has 0 aromatic heterocycles. The van der Waals surface area contributed by atoms with E-state index in [1.807, 2.05) is 0 Å². The lowest BCUT2D eigenvalue weighted by atomic mass is 9.82. The van der Waals surface area contributed by atoms with Crippen molar-refractivity contribution in [2.24, 2.45) is 11.3 Å². The predicted molar refractivity (Wildman–Crippen MR) is 65.4 cm³/mol. The molecule has 0 radical (unpaired) electrons. The molecule has 1 saturated heterocycles. The molecule has 2 fully saturated rings. The molecule has 4 heteroatoms. The van der Waals surface area contributed by atoms with Crippen molar-refractivity contribution in [2.75, 3.05) is 6.54 Å². The highest BCUT2D eigenvalue weighted by Crippen LogP contribution is 2.31. The lowest BCUT2D eigenvalue weighted by molar-refractivity contribution is -0.138. The Balaban J connectivity index is 2.06. The van der Waals surface area contributed by atoms with Crippen LogP contribution in [-0.2, 0) is 4.79 Å². The first-order valence-electron chi connectivity index (χ1n) is 6.49. The van der Waals surface area contributed by atoms with Gasteiger partial charge in [0.05, 0.1) is 5.92 Å². The molecule has 0 aromatic carbocycles. The first-order chi connectivity index (χ1) is 7.88. The van der Waals surface area contributed by atoms with Crippen LogP contribution in [0.5, 0.6) is 0 Å². The highest BCUT2D eigenvalue weighted by Gasteiger charge is 2.41. The molecule has 2 rings (SSSR count). The number of amides is 3. The van der Waals surface area contributed by atoms with Crippen LogP contribution in [0.25, 0.3) is 0 Å². The first-order valence-corrected chi connectivity index (χ1v) is 6.49. The minimum atomic E-state index is -0.190. The Morgan fingerprint density at radius 2 is 1.94 bits per heavy atom. The Hall–Kier alpha value is -1.06. The van der Waals surface area contributed by atoms with Gasteiger partial charge in [-0.2, -0.15) is 0 Å². The summed E-state index contributed by atoms with van der Waals surface area (Å²) in [6.07, 6.45) is 3.91. The summed E-state index contributed by atoms with van der Waals surface area (Å²) < 4.78 is 0. The van der Waals surface area contributed by atoms with Crippen molar-refractivity contribution >= 4 is 11.9 Å². The molecular formula is C13H22N2O2. The van der Waals surface area contributed by atoms with Gasteiger partial charge in [-0.3, -0.25) is 9.69 Å². The second-order valence-electron chi connectivity index (χ2n) is 6.44. The fourth-order valence-electron chi connectivity index (χ4n) is 2.57. The summed E-state index contributed by atoms with van der Waals surface area (Å²) in [4.78, 5) is 25.5. The average molecular weight is 238 g/mol. The van der Waals surface area contributed by atoms with E-state index in [0.29, 0.717) is 6.54 Å². The second-order valence-corrected chi connectivity index (χ2v) is 6.44. The highest BCUT2D eigenvalue weighted by atomic mass is 16.2. The van der Waals surface area contributed by atoms with Gasteiger partial charge in [0.15, 0.2) is 0 Å². The Bertz CT molecular complexity index is 329. The van der Waals surface area contributed by atoms with E-state index in [-0.39, 0.29) is 29.3 Å². The zero-order valence-corrected chi connectivity index (χ0v) is 11.0. The maximum atomic E-state index is 12.3. The maximum Gasteiger partial charge on any atom is 0.324 e. The van der Waals surface area contributed by atoms with Crippen LogP contribution in [0.1, 0.15) is 46.5 Å². The minimum Gasteiger partial charge on any atom is -0.337 e. The summed E-state index contributed by atoms with van der Waals surface area (Å²) in [5.41, 5.74) is 0.119. The summed E-state index contributed by atoms with van der Waals surface area (Å²) >= 11 is 0. The fourth-order valence-corrected chi connectivity index (χ4v) is 2.57. The second kappa shape index (κ2) is 4.31. The van der Waals surface area contributed by atoms with Gasteiger partial charge in [0.2, 0.25) is 5.91 Å². The standard InChI is InChI=1S/C13H22N2O2/c1-13(2,3)7-9-8-14-12(17)15(11(9)16)10-5-4-6-10/h9-10H,4-8H2,1-3H3,(H,14,17). The molecule has 96 valence electrons. The zero-order valence-electron chi connectivity index (χ0n) is 11.0. The number of nitrogens with zero attached hydrogens (tertiary/aromatic N) is 1. The summed E-state index contributed by atoms with van der Waals surface area (Å²) in [6.45, 7) is 6.89. The quantitative estimate of drug-likeness (QED) is 0.801. The number of nitrogens with one attached hydrogen (secondary N) is 1. The third kappa shape index (κ3) is 2.61. The first kappa shape index (κ1) is 12.4. The zero-order chi connectivity index (χ0) is 12.6. The molecule has 0 aromatic rings. The molecular weight excluding hydrogens is 216 g/mol. The van der Waals surface area contributed by atoms with Gasteiger partial charge in [0.25, 0.3) is 0 Å². The van der Waals surface area contributed by atoms with Crippen LogP contribution in [0.4, 0.5) is 4.79 Å². The Labute approximate surface area is 103 Å². The van der Waals surface area contributed by atoms with Gasteiger partial charge >= 0.3 is 6.03 Å². The third-order valence-corrected chi connectivity index (χ3v) is 3.60. The van der Waals surface area contributed by atoms with E-state index in [9.17, 15) is 9.59 Å². The lowest BCUT2D eigenvalue weighted by Crippen LogP contribution is -2.60. The van der Waals surface area contributed by atoms with E-state index in [4.69, 9.17) is 0 Å². The summed E-state index contributed by atoms with van der Waals surface area (Å²) in [5.74, 6) is -0.0123. The van der Waals surface area contributed by atoms with Gasteiger partial charge in [-0.1, -0.05) is 20.8 Å². The summed E-state index contributed by atoms with van der Waals surface area (Å²) in [7, 11) is 0. The van der Waals surface area contributed by atoms with E-state index in [1.165, 1.54) is 4.90 Å². The maximum absolute atomic E-state index is 12.3. The Morgan fingerprint density at radius 1 is 1.29 bits per heavy atom. The molecule has 2 aliphatic rings. The van der Waals surface area contributed by atoms with Crippen LogP contribution >= 0.6 is 0 Å². The van der Waals surface area contributed by atoms with Crippen molar-refractivity contribution < 1.29 is 9.59 Å². The monoisotopic (exact) mass is 238 g/mol. The normalized spacial score (nSPS) is 26.8. The molecule has 17 heavy (non-hydrogen) atoms. The van der Waals surface area contributed by atoms with E-state index in [2.05, 4.69) is 26.1 Å². The molecule has 1 saturated carbocycles. The molecule has 3 amide bonds. The third-order valence-electron chi connectivity index (χ3n) is 3.60. The Kier molecular flexibility index (Phi) is 3.15. The fraction of sp³-hybridized carbons (Fsp3) is 0.846. The van der Waals surface area contributed by atoms with Gasteiger partial charge in [0.1, 0.15) is 0 Å². The Morgan fingerprint density at radius 3 is 2.41 bits per heavy atom. The van der Waals surface area contributed by atoms with Crippen molar-refractivity contribution in [3.8, 4) is 0 Å². The number of imide groups is 1. The van der Waals surface area contributed by atoms with Crippen LogP contribution in [0.2, 0.25) is 0 Å². The van der Waals surface area contributed by atoms with Crippen molar-refractivity contribution in [3.63, 3.8) is 0 Å². The highest BCUT2D eigenvalue weighted by molar-refractivity contribution is 5.98. The molecule has 1 aliphatic carbocycles. The van der Waals surface area contributed by atoms with Crippen molar-refractivity contribution in [1.82, 2.24) is 10.2 Å². The van der Waals surface area contributed by atoms with Crippen LogP contribution in [0.15, 0.2) is 0 Å². The molecule has 0 spiro atoms. The molecule has 1 unspecified atom stereocenters. The molecule has 0 bridgehead atoms. The lowest BCUT2D eigenvalue weighted by Gasteiger charge is -2.41. The van der Waals surface area contributed by atoms with Crippen molar-refractivity contribution in [3.05, 3.63) is 0 Å². The number of urea groups is 1. The predicted octanol–water partition coefficient (Wildman–Crippen LogP) is 2.14. The van der Waals surface area contributed by atoms with Crippen LogP contribution in [0, 0.1) is 11.3 Å². The van der Waals surface area contributed by atoms with Crippen molar-refractivity contribution in [1.29, 1.82) is 0 Å². The number of hydrogen-bond acceptors (Lipinski definition) is 2. The molecule has 4 nitrogen and oxygen atoms in total. The topological polar surface area (TPSA) is 49.4 Å². The summed E-state index contributed by atoms with van der Waals surface area (Å²) in [5, 5.41) is 2.85. The van der Waals surface area contributed by atoms with E-state index in [0.717, 1.165) is 25.7 Å². The van der Waals surface area contributed by atoms with Gasteiger partial charge in [-0.25, -0.2) is 4.79 Å². The smallest absolute Gasteiger partial charge is 0.324 e. The average Bonchev–Trinajstić information content (AvgIpc) is 2.12. The van der Waals surface area contributed by atoms with E-state index < -0.39 is 0 Å². The van der Waals surface area contributed by atoms with Gasteiger partial charge in [-0.05, 0) is 31.1 Å². The number of carbonyl (C=O) groups is 2.